The number of rotatable bonds is 10. The van der Waals surface area contributed by atoms with Gasteiger partial charge in [-0.3, -0.25) is 11.3 Å². The van der Waals surface area contributed by atoms with Crippen molar-refractivity contribution < 1.29 is 30.0 Å². The third kappa shape index (κ3) is 11.4. The quantitative estimate of drug-likeness (QED) is 0.150. The number of aliphatic hydroxyl groups excluding tert-OH is 1. The van der Waals surface area contributed by atoms with Crippen LogP contribution in [0.3, 0.4) is 0 Å². The van der Waals surface area contributed by atoms with E-state index in [1.807, 2.05) is 27.7 Å². The predicted octanol–water partition coefficient (Wildman–Crippen LogP) is 8.52. The molecule has 1 aliphatic heterocycles. The Kier molecular flexibility index (Phi) is 15.6. The van der Waals surface area contributed by atoms with Crippen molar-refractivity contribution in [2.75, 3.05) is 0 Å². The van der Waals surface area contributed by atoms with Crippen molar-refractivity contribution in [3.8, 4) is 0 Å². The molecule has 6 heteroatoms. The average Bonchev–Trinajstić information content (AvgIpc) is 2.78. The van der Waals surface area contributed by atoms with Gasteiger partial charge in [0, 0.05) is 44.2 Å². The number of aliphatic imine (C=N–C) groups is 1. The number of carbonyl (C=O) groups excluding carboxylic acids is 1. The van der Waals surface area contributed by atoms with Crippen molar-refractivity contribution in [1.82, 2.24) is 5.32 Å². The van der Waals surface area contributed by atoms with Gasteiger partial charge in [-0.1, -0.05) is 86.9 Å². The Bertz CT molecular complexity index is 820. The van der Waals surface area contributed by atoms with Gasteiger partial charge in [-0.2, -0.15) is 5.41 Å². The van der Waals surface area contributed by atoms with Gasteiger partial charge in [0.15, 0.2) is 5.78 Å². The van der Waals surface area contributed by atoms with Gasteiger partial charge in [-0.15, -0.1) is 0 Å². The molecule has 0 fully saturated rings. The Hall–Kier alpha value is -1.49. The minimum atomic E-state index is -0.0204. The van der Waals surface area contributed by atoms with Crippen molar-refractivity contribution in [2.24, 2.45) is 22.2 Å². The van der Waals surface area contributed by atoms with Crippen molar-refractivity contribution in [3.05, 3.63) is 53.0 Å². The molecule has 0 saturated carbocycles. The Balaban J connectivity index is 0.000000663. The fourth-order valence-corrected chi connectivity index (χ4v) is 3.75. The van der Waals surface area contributed by atoms with Gasteiger partial charge in [0.25, 0.3) is 0 Å². The number of hydrogen-bond donors (Lipinski definition) is 2. The van der Waals surface area contributed by atoms with Crippen LogP contribution in [0.4, 0.5) is 5.69 Å². The van der Waals surface area contributed by atoms with E-state index < -0.39 is 0 Å². The fourth-order valence-electron chi connectivity index (χ4n) is 3.75. The summed E-state index contributed by atoms with van der Waals surface area (Å²) in [4.78, 5) is 16.1. The number of aliphatic hydroxyl groups is 1. The van der Waals surface area contributed by atoms with Gasteiger partial charge < -0.3 is 20.7 Å². The van der Waals surface area contributed by atoms with Crippen LogP contribution >= 0.6 is 0 Å². The van der Waals surface area contributed by atoms with Crippen molar-refractivity contribution in [1.29, 1.82) is 0 Å². The van der Waals surface area contributed by atoms with E-state index in [0.717, 1.165) is 36.9 Å². The summed E-state index contributed by atoms with van der Waals surface area (Å²) in [6.07, 6.45) is 6.54. The normalized spacial score (nSPS) is 15.3. The molecule has 2 rings (SSSR count). The summed E-state index contributed by atoms with van der Waals surface area (Å²) in [6, 6.07) is 6.47. The van der Waals surface area contributed by atoms with Crippen molar-refractivity contribution in [3.63, 3.8) is 0 Å². The second-order valence-corrected chi connectivity index (χ2v) is 10.4. The average molecular weight is 662 g/mol. The largest absolute Gasteiger partial charge is 0.512 e. The van der Waals surface area contributed by atoms with E-state index in [0.29, 0.717) is 5.92 Å². The molecule has 35 heavy (non-hydrogen) atoms. The molecular weight excluding hydrogens is 615 g/mol. The van der Waals surface area contributed by atoms with Crippen LogP contribution in [0, 0.1) is 23.8 Å². The summed E-state index contributed by atoms with van der Waals surface area (Å²) in [5, 5.41) is 17.6. The molecule has 0 amide bonds. The fraction of sp³-hybridized carbons (Fsp3) is 0.621. The zero-order chi connectivity index (χ0) is 25.9. The van der Waals surface area contributed by atoms with Gasteiger partial charge in [-0.05, 0) is 48.4 Å². The monoisotopic (exact) mass is 662 g/mol. The Morgan fingerprint density at radius 3 is 2.17 bits per heavy atom. The Morgan fingerprint density at radius 2 is 1.69 bits per heavy atom. The molecule has 0 aliphatic carbocycles. The number of allylic oxidation sites excluding steroid dienone is 2. The number of benzene rings is 1. The van der Waals surface area contributed by atoms with E-state index in [9.17, 15) is 9.90 Å². The number of carbonyl (C=O) groups is 1. The molecular formula is C29H47IrN3O2-2. The van der Waals surface area contributed by atoms with Crippen LogP contribution in [0.15, 0.2) is 35.0 Å². The first-order valence-corrected chi connectivity index (χ1v) is 12.9. The van der Waals surface area contributed by atoms with Crippen LogP contribution in [0.5, 0.6) is 0 Å². The molecule has 1 aromatic carbocycles. The molecule has 5 nitrogen and oxygen atoms in total. The smallest absolute Gasteiger partial charge is 0.162 e. The summed E-state index contributed by atoms with van der Waals surface area (Å²) in [5.41, 5.74) is 3.62. The van der Waals surface area contributed by atoms with Crippen molar-refractivity contribution in [2.45, 2.75) is 100 Å². The molecule has 1 radical (unpaired) electrons. The molecule has 0 aromatic heterocycles. The van der Waals surface area contributed by atoms with E-state index >= 15 is 0 Å². The number of fused-ring (bicyclic) bond motifs is 1. The van der Waals surface area contributed by atoms with E-state index in [4.69, 9.17) is 0 Å². The third-order valence-corrected chi connectivity index (χ3v) is 6.18. The van der Waals surface area contributed by atoms with Crippen molar-refractivity contribution >= 4 is 17.8 Å². The van der Waals surface area contributed by atoms with Crippen LogP contribution in [0.1, 0.15) is 111 Å². The molecule has 0 saturated heterocycles. The van der Waals surface area contributed by atoms with E-state index in [-0.39, 0.29) is 55.1 Å². The number of nitrogens with one attached hydrogen (secondary N) is 1. The zero-order valence-electron chi connectivity index (χ0n) is 23.2. The molecule has 201 valence electrons. The first-order valence-electron chi connectivity index (χ1n) is 12.9. The maximum atomic E-state index is 11.7. The summed E-state index contributed by atoms with van der Waals surface area (Å²) >= 11 is 0. The van der Waals surface area contributed by atoms with Gasteiger partial charge in [-0.25, -0.2) is 0 Å². The molecule has 1 unspecified atom stereocenters. The molecule has 1 aliphatic rings. The van der Waals surface area contributed by atoms with E-state index in [1.165, 1.54) is 11.6 Å². The van der Waals surface area contributed by atoms with Gasteiger partial charge >= 0.3 is 0 Å². The maximum Gasteiger partial charge on any atom is 0.162 e. The topological polar surface area (TPSA) is 75.8 Å². The second kappa shape index (κ2) is 16.3. The SMILES string of the molecule is CC(C)c1ccc2c(c1)N=C[N-]C2N[CH-]C(C)(C)C.CCC(CC)C(=O)/C=C(\O)C(CC)CC.[Ir]. The molecule has 0 spiro atoms. The van der Waals surface area contributed by atoms with Gasteiger partial charge in [0.2, 0.25) is 0 Å². The third-order valence-electron chi connectivity index (χ3n) is 6.18. The minimum absolute atomic E-state index is 0. The molecule has 0 bridgehead atoms. The zero-order valence-corrected chi connectivity index (χ0v) is 25.6. The predicted molar refractivity (Wildman–Crippen MR) is 146 cm³/mol. The van der Waals surface area contributed by atoms with Gasteiger partial charge in [0.05, 0.1) is 5.76 Å². The summed E-state index contributed by atoms with van der Waals surface area (Å²) in [7, 11) is 0. The van der Waals surface area contributed by atoms with Crippen LogP contribution in [0.2, 0.25) is 0 Å². The molecule has 2 N–H and O–H groups in total. The number of ketones is 1. The van der Waals surface area contributed by atoms with E-state index in [1.54, 1.807) is 6.34 Å². The summed E-state index contributed by atoms with van der Waals surface area (Å²) in [6.45, 7) is 21.1. The van der Waals surface area contributed by atoms with Gasteiger partial charge in [0.1, 0.15) is 0 Å². The van der Waals surface area contributed by atoms with E-state index in [2.05, 4.69) is 75.0 Å². The first-order chi connectivity index (χ1) is 16.0. The summed E-state index contributed by atoms with van der Waals surface area (Å²) in [5.74, 6) is 1.07. The second-order valence-electron chi connectivity index (χ2n) is 10.4. The Morgan fingerprint density at radius 1 is 1.11 bits per heavy atom. The Labute approximate surface area is 228 Å². The molecule has 1 aromatic rings. The maximum absolute atomic E-state index is 11.7. The number of nitrogens with zero attached hydrogens (tertiary/aromatic N) is 2. The van der Waals surface area contributed by atoms with Crippen LogP contribution in [0.25, 0.3) is 5.32 Å². The standard InChI is InChI=1S/C16H23N3.C13H24O2.Ir/c1-11(2)12-6-7-13-14(8-12)18-10-19-15(13)17-9-16(3,4)5;1-5-10(6-2)12(14)9-13(15)11(7-3)8-4;/h6-11,15,17H,1-5H3;9-11,14H,5-8H2,1-4H3;/q-2;;/b;12-9-;. The molecule has 1 atom stereocenters. The minimum Gasteiger partial charge on any atom is -0.512 e. The van der Waals surface area contributed by atoms with Crippen LogP contribution in [-0.2, 0) is 24.9 Å². The van der Waals surface area contributed by atoms with Crippen LogP contribution in [-0.4, -0.2) is 17.2 Å². The summed E-state index contributed by atoms with van der Waals surface area (Å²) < 4.78 is 0. The number of hydrogen-bond acceptors (Lipinski definition) is 4. The molecule has 1 heterocycles. The first kappa shape index (κ1) is 33.5. The van der Waals surface area contributed by atoms with Crippen LogP contribution < -0.4 is 5.32 Å².